The Bertz CT molecular complexity index is 917. The molecule has 2 aromatic rings. The standard InChI is InChI=1S/C22H26ClN3O3/c1-14-8-17(26-13-16(23)12-24-26)9-15(2)20(14)21-18(27)10-22(11-19(21)28)4-6-25(29-3)7-5-22/h8-9,12-13,21H,4-7,10-11H2,1-3H3. The van der Waals surface area contributed by atoms with Gasteiger partial charge in [-0.15, -0.1) is 0 Å². The Morgan fingerprint density at radius 3 is 2.17 bits per heavy atom. The predicted octanol–water partition coefficient (Wildman–Crippen LogP) is 3.80. The fraction of sp³-hybridized carbons (Fsp3) is 0.500. The first kappa shape index (κ1) is 20.3. The van der Waals surface area contributed by atoms with Crippen molar-refractivity contribution in [3.63, 3.8) is 0 Å². The van der Waals surface area contributed by atoms with E-state index in [4.69, 9.17) is 16.4 Å². The average molecular weight is 416 g/mol. The molecule has 1 aliphatic heterocycles. The van der Waals surface area contributed by atoms with Crippen LogP contribution in [-0.4, -0.2) is 46.6 Å². The molecule has 2 fully saturated rings. The highest BCUT2D eigenvalue weighted by molar-refractivity contribution is 6.30. The molecule has 1 aromatic heterocycles. The quantitative estimate of drug-likeness (QED) is 0.713. The maximum Gasteiger partial charge on any atom is 0.148 e. The van der Waals surface area contributed by atoms with Crippen molar-refractivity contribution in [1.82, 2.24) is 14.8 Å². The summed E-state index contributed by atoms with van der Waals surface area (Å²) >= 11 is 5.99. The zero-order valence-corrected chi connectivity index (χ0v) is 17.8. The summed E-state index contributed by atoms with van der Waals surface area (Å²) in [5, 5.41) is 6.71. The molecule has 154 valence electrons. The lowest BCUT2D eigenvalue weighted by Crippen LogP contribution is -2.46. The van der Waals surface area contributed by atoms with Crippen molar-refractivity contribution in [2.24, 2.45) is 5.41 Å². The summed E-state index contributed by atoms with van der Waals surface area (Å²) in [6.07, 6.45) is 5.90. The Morgan fingerprint density at radius 2 is 1.69 bits per heavy atom. The van der Waals surface area contributed by atoms with Crippen LogP contribution in [-0.2, 0) is 14.4 Å². The third-order valence-electron chi connectivity index (χ3n) is 6.47. The minimum atomic E-state index is -0.656. The Morgan fingerprint density at radius 1 is 1.10 bits per heavy atom. The molecule has 4 rings (SSSR count). The van der Waals surface area contributed by atoms with Gasteiger partial charge in [-0.2, -0.15) is 10.2 Å². The molecule has 0 radical (unpaired) electrons. The number of aromatic nitrogens is 2. The molecule has 1 saturated heterocycles. The van der Waals surface area contributed by atoms with E-state index in [1.54, 1.807) is 24.2 Å². The molecule has 1 aromatic carbocycles. The van der Waals surface area contributed by atoms with E-state index in [0.717, 1.165) is 48.3 Å². The van der Waals surface area contributed by atoms with Gasteiger partial charge in [0.05, 0.1) is 24.0 Å². The number of hydroxylamine groups is 2. The van der Waals surface area contributed by atoms with Crippen LogP contribution >= 0.6 is 11.6 Å². The summed E-state index contributed by atoms with van der Waals surface area (Å²) in [4.78, 5) is 31.7. The lowest BCUT2D eigenvalue weighted by molar-refractivity contribution is -0.166. The molecular formula is C22H26ClN3O3. The van der Waals surface area contributed by atoms with Gasteiger partial charge in [0.15, 0.2) is 0 Å². The molecule has 29 heavy (non-hydrogen) atoms. The Balaban J connectivity index is 1.61. The van der Waals surface area contributed by atoms with Gasteiger partial charge in [0.2, 0.25) is 0 Å². The number of piperidine rings is 1. The zero-order valence-electron chi connectivity index (χ0n) is 17.1. The second-order valence-electron chi connectivity index (χ2n) is 8.43. The lowest BCUT2D eigenvalue weighted by Gasteiger charge is -2.44. The first-order valence-corrected chi connectivity index (χ1v) is 10.4. The molecule has 1 aliphatic carbocycles. The van der Waals surface area contributed by atoms with Crippen molar-refractivity contribution in [1.29, 1.82) is 0 Å². The molecule has 0 atom stereocenters. The van der Waals surface area contributed by atoms with Gasteiger partial charge in [0.1, 0.15) is 17.5 Å². The fourth-order valence-corrected chi connectivity index (χ4v) is 5.12. The molecule has 0 unspecified atom stereocenters. The minimum absolute atomic E-state index is 0.0493. The van der Waals surface area contributed by atoms with Crippen LogP contribution < -0.4 is 0 Å². The van der Waals surface area contributed by atoms with E-state index < -0.39 is 5.92 Å². The molecule has 0 N–H and O–H groups in total. The highest BCUT2D eigenvalue weighted by Gasteiger charge is 2.47. The van der Waals surface area contributed by atoms with Crippen LogP contribution in [0.1, 0.15) is 48.3 Å². The number of carbonyl (C=O) groups is 2. The number of carbonyl (C=O) groups excluding carboxylic acids is 2. The maximum atomic E-state index is 13.2. The number of hydrogen-bond acceptors (Lipinski definition) is 5. The molecule has 6 nitrogen and oxygen atoms in total. The number of hydrogen-bond donors (Lipinski definition) is 0. The predicted molar refractivity (Wildman–Crippen MR) is 110 cm³/mol. The van der Waals surface area contributed by atoms with E-state index in [2.05, 4.69) is 5.10 Å². The monoisotopic (exact) mass is 415 g/mol. The highest BCUT2D eigenvalue weighted by Crippen LogP contribution is 2.46. The van der Waals surface area contributed by atoms with Crippen molar-refractivity contribution in [3.05, 3.63) is 46.2 Å². The van der Waals surface area contributed by atoms with Crippen molar-refractivity contribution in [3.8, 4) is 5.69 Å². The summed E-state index contributed by atoms with van der Waals surface area (Å²) in [5.74, 6) is -0.558. The lowest BCUT2D eigenvalue weighted by atomic mass is 9.63. The first-order valence-electron chi connectivity index (χ1n) is 9.98. The van der Waals surface area contributed by atoms with Crippen LogP contribution in [0.4, 0.5) is 0 Å². The molecule has 2 heterocycles. The van der Waals surface area contributed by atoms with Crippen LogP contribution in [0.3, 0.4) is 0 Å². The normalized spacial score (nSPS) is 20.6. The van der Waals surface area contributed by atoms with Gasteiger partial charge >= 0.3 is 0 Å². The summed E-state index contributed by atoms with van der Waals surface area (Å²) in [7, 11) is 1.66. The SMILES string of the molecule is CON1CCC2(CC1)CC(=O)C(c1c(C)cc(-n3cc(Cl)cn3)cc1C)C(=O)C2. The second-order valence-corrected chi connectivity index (χ2v) is 8.86. The van der Waals surface area contributed by atoms with Crippen molar-refractivity contribution in [2.45, 2.75) is 45.4 Å². The number of halogens is 1. The van der Waals surface area contributed by atoms with Gasteiger partial charge in [-0.1, -0.05) is 11.6 Å². The van der Waals surface area contributed by atoms with E-state index in [9.17, 15) is 9.59 Å². The van der Waals surface area contributed by atoms with Gasteiger partial charge in [0, 0.05) is 32.1 Å². The van der Waals surface area contributed by atoms with Crippen LogP contribution in [0, 0.1) is 19.3 Å². The molecular weight excluding hydrogens is 390 g/mol. The third-order valence-corrected chi connectivity index (χ3v) is 6.66. The number of aryl methyl sites for hydroxylation is 2. The number of Topliss-reactive ketones (excluding diaryl/α,β-unsaturated/α-hetero) is 2. The second kappa shape index (κ2) is 7.67. The Labute approximate surface area is 175 Å². The molecule has 2 aliphatic rings. The summed E-state index contributed by atoms with van der Waals surface area (Å²) < 4.78 is 1.70. The van der Waals surface area contributed by atoms with E-state index in [1.807, 2.05) is 31.0 Å². The Hall–Kier alpha value is -2.02. The molecule has 1 saturated carbocycles. The molecule has 0 bridgehead atoms. The molecule has 1 spiro atoms. The van der Waals surface area contributed by atoms with Crippen LogP contribution in [0.2, 0.25) is 5.02 Å². The van der Waals surface area contributed by atoms with Gasteiger partial charge in [0.25, 0.3) is 0 Å². The largest absolute Gasteiger partial charge is 0.302 e. The summed E-state index contributed by atoms with van der Waals surface area (Å²) in [6, 6.07) is 3.93. The number of rotatable bonds is 3. The van der Waals surface area contributed by atoms with E-state index in [0.29, 0.717) is 17.9 Å². The smallest absolute Gasteiger partial charge is 0.148 e. The highest BCUT2D eigenvalue weighted by atomic mass is 35.5. The van der Waals surface area contributed by atoms with Crippen LogP contribution in [0.5, 0.6) is 0 Å². The summed E-state index contributed by atoms with van der Waals surface area (Å²) in [6.45, 7) is 5.44. The average Bonchev–Trinajstić information content (AvgIpc) is 3.10. The van der Waals surface area contributed by atoms with Crippen LogP contribution in [0.15, 0.2) is 24.5 Å². The van der Waals surface area contributed by atoms with Gasteiger partial charge in [-0.25, -0.2) is 4.68 Å². The molecule has 0 amide bonds. The molecule has 7 heteroatoms. The van der Waals surface area contributed by atoms with Gasteiger partial charge in [-0.3, -0.25) is 9.59 Å². The van der Waals surface area contributed by atoms with Crippen LogP contribution in [0.25, 0.3) is 5.69 Å². The minimum Gasteiger partial charge on any atom is -0.302 e. The van der Waals surface area contributed by atoms with Crippen molar-refractivity contribution >= 4 is 23.2 Å². The van der Waals surface area contributed by atoms with E-state index >= 15 is 0 Å². The van der Waals surface area contributed by atoms with Crippen molar-refractivity contribution in [2.75, 3.05) is 20.2 Å². The Kier molecular flexibility index (Phi) is 5.36. The van der Waals surface area contributed by atoms with E-state index in [-0.39, 0.29) is 17.0 Å². The zero-order chi connectivity index (χ0) is 20.8. The number of nitrogens with zero attached hydrogens (tertiary/aromatic N) is 3. The first-order chi connectivity index (χ1) is 13.8. The van der Waals surface area contributed by atoms with Gasteiger partial charge in [-0.05, 0) is 60.9 Å². The van der Waals surface area contributed by atoms with Crippen molar-refractivity contribution < 1.29 is 14.4 Å². The maximum absolute atomic E-state index is 13.2. The third kappa shape index (κ3) is 3.77. The topological polar surface area (TPSA) is 64.4 Å². The van der Waals surface area contributed by atoms with Gasteiger partial charge < -0.3 is 4.84 Å². The fourth-order valence-electron chi connectivity index (χ4n) is 4.99. The number of benzene rings is 1. The van der Waals surface area contributed by atoms with E-state index in [1.165, 1.54) is 0 Å². The summed E-state index contributed by atoms with van der Waals surface area (Å²) in [5.41, 5.74) is 3.39. The number of ketones is 2.